The summed E-state index contributed by atoms with van der Waals surface area (Å²) in [5, 5.41) is 14.0. The first kappa shape index (κ1) is 30.1. The molecule has 2 aliphatic carbocycles. The van der Waals surface area contributed by atoms with Crippen LogP contribution >= 0.6 is 0 Å². The van der Waals surface area contributed by atoms with E-state index in [2.05, 4.69) is 48.6 Å². The molecule has 0 amide bonds. The number of aliphatic hydroxyl groups is 2. The first-order valence-electron chi connectivity index (χ1n) is 7.30. The molecule has 0 heterocycles. The average molecular weight is 484 g/mol. The summed E-state index contributed by atoms with van der Waals surface area (Å²) in [7, 11) is 2.00. The van der Waals surface area contributed by atoms with Gasteiger partial charge in [-0.05, 0) is 12.8 Å². The number of hydrogen-bond acceptors (Lipinski definition) is 2. The van der Waals surface area contributed by atoms with E-state index in [0.717, 1.165) is 27.1 Å². The van der Waals surface area contributed by atoms with Crippen LogP contribution in [0.3, 0.4) is 0 Å². The summed E-state index contributed by atoms with van der Waals surface area (Å²) in [6, 6.07) is 0. The molecule has 2 rings (SSSR count). The third-order valence-corrected chi connectivity index (χ3v) is 2.49. The van der Waals surface area contributed by atoms with E-state index in [-0.39, 0.29) is 39.0 Å². The molecule has 0 aromatic rings. The van der Waals surface area contributed by atoms with E-state index in [9.17, 15) is 0 Å². The van der Waals surface area contributed by atoms with Crippen LogP contribution in [0.5, 0.6) is 0 Å². The van der Waals surface area contributed by atoms with Crippen LogP contribution in [0.1, 0.15) is 51.4 Å². The second kappa shape index (κ2) is 32.9. The van der Waals surface area contributed by atoms with Crippen molar-refractivity contribution < 1.29 is 49.2 Å². The van der Waals surface area contributed by atoms with Crippen molar-refractivity contribution in [3.63, 3.8) is 0 Å². The molecule has 0 fully saturated rings. The number of hydrogen-bond donors (Lipinski definition) is 2. The van der Waals surface area contributed by atoms with Gasteiger partial charge in [0, 0.05) is 33.7 Å². The summed E-state index contributed by atoms with van der Waals surface area (Å²) in [6.07, 6.45) is 29.0. The van der Waals surface area contributed by atoms with Crippen molar-refractivity contribution >= 4 is 0 Å². The Bertz CT molecular complexity index is 192. The molecule has 0 aromatic heterocycles. The third kappa shape index (κ3) is 28.3. The molecule has 132 valence electrons. The van der Waals surface area contributed by atoms with Crippen LogP contribution < -0.4 is 0 Å². The molecule has 0 atom stereocenters. The molecule has 0 saturated heterocycles. The summed E-state index contributed by atoms with van der Waals surface area (Å²) in [4.78, 5) is 0. The van der Waals surface area contributed by atoms with Gasteiger partial charge in [-0.15, -0.1) is 0 Å². The van der Waals surface area contributed by atoms with E-state index in [1.54, 1.807) is 0 Å². The van der Waals surface area contributed by atoms with E-state index in [4.69, 9.17) is 10.2 Å². The minimum atomic E-state index is 0. The van der Waals surface area contributed by atoms with Crippen molar-refractivity contribution in [1.82, 2.24) is 0 Å². The molecule has 4 heteroatoms. The Morgan fingerprint density at radius 2 is 0.909 bits per heavy atom. The molecule has 0 aliphatic heterocycles. The van der Waals surface area contributed by atoms with Crippen LogP contribution in [0.15, 0.2) is 36.5 Å². The van der Waals surface area contributed by atoms with Gasteiger partial charge in [-0.1, -0.05) is 50.0 Å². The maximum absolute atomic E-state index is 7.00. The zero-order chi connectivity index (χ0) is 15.3. The van der Waals surface area contributed by atoms with E-state index in [1.165, 1.54) is 38.5 Å². The SMILES string of the molecule is CO.CO.[C-]1=CCC/C=C\CC1.[C-]1=CCC/C=C\CC1.[Rh+2].[Rh]. The Morgan fingerprint density at radius 3 is 1.27 bits per heavy atom. The Labute approximate surface area is 163 Å². The molecule has 0 saturated carbocycles. The van der Waals surface area contributed by atoms with Crippen LogP contribution in [0.25, 0.3) is 0 Å². The molecule has 0 bridgehead atoms. The summed E-state index contributed by atoms with van der Waals surface area (Å²) in [5.74, 6) is 0. The molecule has 2 nitrogen and oxygen atoms in total. The van der Waals surface area contributed by atoms with Crippen LogP contribution in [0.2, 0.25) is 0 Å². The van der Waals surface area contributed by atoms with Crippen molar-refractivity contribution in [3.8, 4) is 0 Å². The average Bonchev–Trinajstić information content (AvgIpc) is 2.42. The summed E-state index contributed by atoms with van der Waals surface area (Å²) in [6.45, 7) is 0. The van der Waals surface area contributed by atoms with Crippen molar-refractivity contribution in [2.24, 2.45) is 0 Å². The minimum Gasteiger partial charge on any atom is -0.500 e. The Kier molecular flexibility index (Phi) is 45.0. The molecule has 0 spiro atoms. The molecule has 0 unspecified atom stereocenters. The van der Waals surface area contributed by atoms with Gasteiger partial charge in [-0.25, -0.2) is 0 Å². The smallest absolute Gasteiger partial charge is 0.500 e. The normalized spacial score (nSPS) is 18.0. The van der Waals surface area contributed by atoms with Gasteiger partial charge in [-0.2, -0.15) is 12.8 Å². The monoisotopic (exact) mass is 484 g/mol. The standard InChI is InChI=1S/2C8H11.2CH4O.2Rh/c2*1-2-4-6-8-7-5-3-1;2*1-2;;/h2*1-2,7H,3-6H2;2*2H,1H3;;/q2*-1;;;;+2/b2*2-1-;;;;. The maximum Gasteiger partial charge on any atom is 2.00 e. The quantitative estimate of drug-likeness (QED) is 0.308. The molecular formula is C18H30O2Rh2. The predicted octanol–water partition coefficient (Wildman–Crippen LogP) is 4.16. The number of rotatable bonds is 0. The fourth-order valence-electron chi connectivity index (χ4n) is 1.57. The van der Waals surface area contributed by atoms with Gasteiger partial charge >= 0.3 is 19.5 Å². The van der Waals surface area contributed by atoms with Crippen molar-refractivity contribution in [2.45, 2.75) is 51.4 Å². The Hall–Kier alpha value is 0.127. The minimum absolute atomic E-state index is 0. The topological polar surface area (TPSA) is 40.5 Å². The van der Waals surface area contributed by atoms with E-state index >= 15 is 0 Å². The molecule has 2 radical (unpaired) electrons. The number of aliphatic hydroxyl groups excluding tert-OH is 2. The van der Waals surface area contributed by atoms with E-state index in [0.29, 0.717) is 0 Å². The molecule has 22 heavy (non-hydrogen) atoms. The fourth-order valence-corrected chi connectivity index (χ4v) is 1.57. The summed E-state index contributed by atoms with van der Waals surface area (Å²) >= 11 is 0. The fraction of sp³-hybridized carbons (Fsp3) is 0.556. The Balaban J connectivity index is -0.000000112. The van der Waals surface area contributed by atoms with Crippen LogP contribution in [-0.2, 0) is 39.0 Å². The molecule has 0 aromatic carbocycles. The van der Waals surface area contributed by atoms with Crippen molar-refractivity contribution in [1.29, 1.82) is 0 Å². The van der Waals surface area contributed by atoms with Gasteiger partial charge in [0.05, 0.1) is 0 Å². The van der Waals surface area contributed by atoms with Crippen molar-refractivity contribution in [3.05, 3.63) is 48.6 Å². The van der Waals surface area contributed by atoms with Crippen LogP contribution in [-0.4, -0.2) is 24.4 Å². The third-order valence-electron chi connectivity index (χ3n) is 2.49. The predicted molar refractivity (Wildman–Crippen MR) is 87.1 cm³/mol. The number of allylic oxidation sites excluding steroid dienone is 8. The first-order chi connectivity index (χ1) is 10.0. The molecule has 2 aliphatic rings. The first-order valence-corrected chi connectivity index (χ1v) is 7.30. The zero-order valence-corrected chi connectivity index (χ0v) is 17.0. The van der Waals surface area contributed by atoms with Crippen LogP contribution in [0, 0.1) is 12.2 Å². The zero-order valence-electron chi connectivity index (χ0n) is 13.7. The Morgan fingerprint density at radius 1 is 0.591 bits per heavy atom. The van der Waals surface area contributed by atoms with Gasteiger partial charge < -0.3 is 22.4 Å². The van der Waals surface area contributed by atoms with Gasteiger partial charge in [0.25, 0.3) is 0 Å². The molecule has 2 N–H and O–H groups in total. The van der Waals surface area contributed by atoms with Gasteiger partial charge in [-0.3, -0.25) is 12.2 Å². The van der Waals surface area contributed by atoms with Crippen LogP contribution in [0.4, 0.5) is 0 Å². The van der Waals surface area contributed by atoms with Gasteiger partial charge in [0.2, 0.25) is 0 Å². The molecular weight excluding hydrogens is 454 g/mol. The largest absolute Gasteiger partial charge is 2.00 e. The van der Waals surface area contributed by atoms with Gasteiger partial charge in [0.1, 0.15) is 0 Å². The van der Waals surface area contributed by atoms with E-state index < -0.39 is 0 Å². The second-order valence-electron chi connectivity index (χ2n) is 3.99. The second-order valence-corrected chi connectivity index (χ2v) is 3.99. The van der Waals surface area contributed by atoms with Gasteiger partial charge in [0.15, 0.2) is 0 Å². The maximum atomic E-state index is 7.00. The summed E-state index contributed by atoms with van der Waals surface area (Å²) < 4.78 is 0. The van der Waals surface area contributed by atoms with E-state index in [1.807, 2.05) is 0 Å². The van der Waals surface area contributed by atoms with Crippen molar-refractivity contribution in [2.75, 3.05) is 14.2 Å². The summed E-state index contributed by atoms with van der Waals surface area (Å²) in [5.41, 5.74) is 0.